The number of methoxy groups -OCH3 is 2. The number of aromatic nitrogens is 2. The number of benzene rings is 1. The van der Waals surface area contributed by atoms with Gasteiger partial charge in [-0.15, -0.1) is 0 Å². The van der Waals surface area contributed by atoms with Crippen LogP contribution in [0.15, 0.2) is 12.1 Å². The van der Waals surface area contributed by atoms with E-state index in [-0.39, 0.29) is 11.9 Å². The molecule has 2 heterocycles. The average molecular weight is 332 g/mol. The first-order valence-corrected chi connectivity index (χ1v) is 7.68. The lowest BCUT2D eigenvalue weighted by atomic mass is 9.93. The normalized spacial score (nSPS) is 16.7. The van der Waals surface area contributed by atoms with Crippen molar-refractivity contribution in [1.82, 2.24) is 9.97 Å². The summed E-state index contributed by atoms with van der Waals surface area (Å²) in [4.78, 5) is 19.9. The number of H-pyrrole nitrogens is 1. The number of nitrogens with one attached hydrogen (secondary N) is 1. The van der Waals surface area contributed by atoms with Crippen LogP contribution in [0.4, 0.5) is 11.6 Å². The summed E-state index contributed by atoms with van der Waals surface area (Å²) >= 11 is 0. The van der Waals surface area contributed by atoms with Gasteiger partial charge in [-0.25, -0.2) is 4.98 Å². The number of ether oxygens (including phenoxy) is 2. The standard InChI is InChI=1S/C16H20N4O4/c1-9-12-8-14(24-4)13(23-3)7-11(12)5-6-19(9)15-16(20(21)22)18-10(2)17-15/h7-9H,5-6H2,1-4H3,(H,17,18). The van der Waals surface area contributed by atoms with Crippen LogP contribution in [0, 0.1) is 17.0 Å². The number of imidazole rings is 1. The highest BCUT2D eigenvalue weighted by Crippen LogP contribution is 2.41. The SMILES string of the molecule is COc1cc2c(cc1OC)C(C)N(c1nc(C)[nH]c1[N+](=O)[O-])CC2. The van der Waals surface area contributed by atoms with Gasteiger partial charge in [-0.2, -0.15) is 4.98 Å². The molecule has 8 nitrogen and oxygen atoms in total. The van der Waals surface area contributed by atoms with E-state index in [0.29, 0.717) is 29.7 Å². The first-order valence-electron chi connectivity index (χ1n) is 7.68. The Morgan fingerprint density at radius 2 is 2.00 bits per heavy atom. The van der Waals surface area contributed by atoms with Crippen molar-refractivity contribution in [3.63, 3.8) is 0 Å². The van der Waals surface area contributed by atoms with E-state index in [1.807, 2.05) is 24.0 Å². The molecule has 8 heteroatoms. The zero-order valence-electron chi connectivity index (χ0n) is 14.1. The van der Waals surface area contributed by atoms with Gasteiger partial charge in [0.2, 0.25) is 5.82 Å². The molecule has 0 spiro atoms. The Balaban J connectivity index is 2.04. The fourth-order valence-electron chi connectivity index (χ4n) is 3.23. The molecule has 1 aliphatic heterocycles. The molecule has 1 N–H and O–H groups in total. The molecule has 3 rings (SSSR count). The van der Waals surface area contributed by atoms with Crippen molar-refractivity contribution in [3.8, 4) is 11.5 Å². The monoisotopic (exact) mass is 332 g/mol. The van der Waals surface area contributed by atoms with Crippen molar-refractivity contribution >= 4 is 11.6 Å². The van der Waals surface area contributed by atoms with Crippen LogP contribution in [-0.2, 0) is 6.42 Å². The molecule has 1 unspecified atom stereocenters. The van der Waals surface area contributed by atoms with E-state index in [4.69, 9.17) is 9.47 Å². The molecule has 0 aliphatic carbocycles. The highest BCUT2D eigenvalue weighted by atomic mass is 16.6. The highest BCUT2D eigenvalue weighted by Gasteiger charge is 2.32. The van der Waals surface area contributed by atoms with Crippen molar-refractivity contribution in [2.75, 3.05) is 25.7 Å². The van der Waals surface area contributed by atoms with Crippen LogP contribution in [-0.4, -0.2) is 35.7 Å². The Hall–Kier alpha value is -2.77. The fourth-order valence-corrected chi connectivity index (χ4v) is 3.23. The molecule has 1 aromatic heterocycles. The maximum Gasteiger partial charge on any atom is 0.365 e. The third-order valence-electron chi connectivity index (χ3n) is 4.42. The lowest BCUT2D eigenvalue weighted by molar-refractivity contribution is -0.388. The van der Waals surface area contributed by atoms with E-state index < -0.39 is 4.92 Å². The van der Waals surface area contributed by atoms with Gasteiger partial charge >= 0.3 is 5.82 Å². The van der Waals surface area contributed by atoms with Gasteiger partial charge in [0.1, 0.15) is 0 Å². The number of nitrogens with zero attached hydrogens (tertiary/aromatic N) is 3. The molecule has 1 aromatic carbocycles. The van der Waals surface area contributed by atoms with Crippen LogP contribution in [0.2, 0.25) is 0 Å². The van der Waals surface area contributed by atoms with Crippen LogP contribution < -0.4 is 14.4 Å². The molecular weight excluding hydrogens is 312 g/mol. The van der Waals surface area contributed by atoms with Crippen molar-refractivity contribution in [2.45, 2.75) is 26.3 Å². The molecular formula is C16H20N4O4. The molecule has 1 aliphatic rings. The Labute approximate surface area is 139 Å². The van der Waals surface area contributed by atoms with Gasteiger partial charge in [-0.05, 0) is 41.5 Å². The molecule has 2 aromatic rings. The Morgan fingerprint density at radius 1 is 1.33 bits per heavy atom. The van der Waals surface area contributed by atoms with Gasteiger partial charge in [0, 0.05) is 13.5 Å². The number of fused-ring (bicyclic) bond motifs is 1. The zero-order chi connectivity index (χ0) is 17.4. The van der Waals surface area contributed by atoms with Gasteiger partial charge in [0.25, 0.3) is 0 Å². The van der Waals surface area contributed by atoms with Crippen LogP contribution in [0.5, 0.6) is 11.5 Å². The van der Waals surface area contributed by atoms with Crippen molar-refractivity contribution in [1.29, 1.82) is 0 Å². The van der Waals surface area contributed by atoms with Gasteiger partial charge in [-0.3, -0.25) is 0 Å². The Kier molecular flexibility index (Phi) is 4.04. The summed E-state index contributed by atoms with van der Waals surface area (Å²) < 4.78 is 10.7. The van der Waals surface area contributed by atoms with E-state index in [1.54, 1.807) is 21.1 Å². The van der Waals surface area contributed by atoms with Gasteiger partial charge in [0.15, 0.2) is 17.3 Å². The predicted molar refractivity (Wildman–Crippen MR) is 89.0 cm³/mol. The number of nitro groups is 1. The van der Waals surface area contributed by atoms with E-state index >= 15 is 0 Å². The van der Waals surface area contributed by atoms with Crippen LogP contribution in [0.3, 0.4) is 0 Å². The summed E-state index contributed by atoms with van der Waals surface area (Å²) in [7, 11) is 3.20. The molecule has 0 radical (unpaired) electrons. The van der Waals surface area contributed by atoms with E-state index in [9.17, 15) is 10.1 Å². The third-order valence-corrected chi connectivity index (χ3v) is 4.42. The van der Waals surface area contributed by atoms with Crippen molar-refractivity contribution < 1.29 is 14.4 Å². The fraction of sp³-hybridized carbons (Fsp3) is 0.438. The van der Waals surface area contributed by atoms with Crippen LogP contribution in [0.1, 0.15) is 29.9 Å². The Morgan fingerprint density at radius 3 is 2.62 bits per heavy atom. The first-order chi connectivity index (χ1) is 11.5. The van der Waals surface area contributed by atoms with Crippen LogP contribution >= 0.6 is 0 Å². The summed E-state index contributed by atoms with van der Waals surface area (Å²) in [5.74, 6) is 2.19. The summed E-state index contributed by atoms with van der Waals surface area (Å²) in [6.07, 6.45) is 0.753. The number of hydrogen-bond donors (Lipinski definition) is 1. The quantitative estimate of drug-likeness (QED) is 0.683. The molecule has 24 heavy (non-hydrogen) atoms. The minimum atomic E-state index is -0.424. The minimum Gasteiger partial charge on any atom is -0.493 e. The van der Waals surface area contributed by atoms with Crippen LogP contribution in [0.25, 0.3) is 0 Å². The second-order valence-corrected chi connectivity index (χ2v) is 5.78. The van der Waals surface area contributed by atoms with Crippen molar-refractivity contribution in [3.05, 3.63) is 39.2 Å². The third kappa shape index (κ3) is 2.53. The first kappa shape index (κ1) is 16.1. The van der Waals surface area contributed by atoms with E-state index in [0.717, 1.165) is 17.5 Å². The molecule has 0 saturated carbocycles. The second-order valence-electron chi connectivity index (χ2n) is 5.78. The number of rotatable bonds is 4. The molecule has 0 amide bonds. The second kappa shape index (κ2) is 6.03. The lowest BCUT2D eigenvalue weighted by Crippen LogP contribution is -2.34. The van der Waals surface area contributed by atoms with E-state index in [1.165, 1.54) is 0 Å². The summed E-state index contributed by atoms with van der Waals surface area (Å²) in [5.41, 5.74) is 2.22. The maximum atomic E-state index is 11.3. The predicted octanol–water partition coefficient (Wildman–Crippen LogP) is 2.77. The molecule has 1 atom stereocenters. The van der Waals surface area contributed by atoms with Gasteiger partial charge < -0.3 is 24.5 Å². The largest absolute Gasteiger partial charge is 0.493 e. The molecule has 0 saturated heterocycles. The molecule has 0 bridgehead atoms. The number of anilines is 1. The summed E-state index contributed by atoms with van der Waals surface area (Å²) in [6, 6.07) is 3.86. The Bertz CT molecular complexity index is 787. The molecule has 128 valence electrons. The number of aryl methyl sites for hydroxylation is 1. The highest BCUT2D eigenvalue weighted by molar-refractivity contribution is 5.59. The van der Waals surface area contributed by atoms with E-state index in [2.05, 4.69) is 9.97 Å². The maximum absolute atomic E-state index is 11.3. The summed E-state index contributed by atoms with van der Waals surface area (Å²) in [6.45, 7) is 4.37. The topological polar surface area (TPSA) is 93.5 Å². The number of hydrogen-bond acceptors (Lipinski definition) is 6. The molecule has 0 fully saturated rings. The van der Waals surface area contributed by atoms with Gasteiger partial charge in [-0.1, -0.05) is 0 Å². The van der Waals surface area contributed by atoms with Crippen molar-refractivity contribution in [2.24, 2.45) is 0 Å². The van der Waals surface area contributed by atoms with Gasteiger partial charge in [0.05, 0.1) is 20.3 Å². The average Bonchev–Trinajstić information content (AvgIpc) is 2.96. The smallest absolute Gasteiger partial charge is 0.365 e. The lowest BCUT2D eigenvalue weighted by Gasteiger charge is -2.35. The zero-order valence-corrected chi connectivity index (χ0v) is 14.1. The minimum absolute atomic E-state index is 0.0602. The number of aromatic amines is 1. The summed E-state index contributed by atoms with van der Waals surface area (Å²) in [5, 5.41) is 11.3.